The van der Waals surface area contributed by atoms with E-state index in [1.807, 2.05) is 13.0 Å². The molecule has 0 radical (unpaired) electrons. The monoisotopic (exact) mass is 325 g/mol. The second kappa shape index (κ2) is 6.53. The molecule has 0 saturated heterocycles. The SMILES string of the molecule is Cc1ccncc1CNS(=O)(=O)c1cc(CN)ccc1Cl. The largest absolute Gasteiger partial charge is 0.326 e. The van der Waals surface area contributed by atoms with Gasteiger partial charge in [0.15, 0.2) is 0 Å². The number of aryl methyl sites for hydroxylation is 1. The van der Waals surface area contributed by atoms with Crippen molar-refractivity contribution in [2.45, 2.75) is 24.9 Å². The van der Waals surface area contributed by atoms with Gasteiger partial charge >= 0.3 is 0 Å². The van der Waals surface area contributed by atoms with Gasteiger partial charge in [-0.2, -0.15) is 0 Å². The first-order valence-corrected chi connectivity index (χ1v) is 8.18. The van der Waals surface area contributed by atoms with Crippen molar-refractivity contribution >= 4 is 21.6 Å². The van der Waals surface area contributed by atoms with Crippen LogP contribution in [0.15, 0.2) is 41.6 Å². The standard InChI is InChI=1S/C14H16ClN3O2S/c1-10-4-5-17-8-12(10)9-18-21(19,20)14-6-11(7-16)2-3-13(14)15/h2-6,8,18H,7,9,16H2,1H3. The first kappa shape index (κ1) is 15.9. The smallest absolute Gasteiger partial charge is 0.242 e. The lowest BCUT2D eigenvalue weighted by Gasteiger charge is -2.10. The number of hydrogen-bond acceptors (Lipinski definition) is 4. The van der Waals surface area contributed by atoms with Crippen LogP contribution in [0, 0.1) is 6.92 Å². The lowest BCUT2D eigenvalue weighted by molar-refractivity contribution is 0.581. The molecule has 112 valence electrons. The second-order valence-electron chi connectivity index (χ2n) is 4.60. The molecule has 21 heavy (non-hydrogen) atoms. The zero-order valence-electron chi connectivity index (χ0n) is 11.5. The second-order valence-corrected chi connectivity index (χ2v) is 6.74. The highest BCUT2D eigenvalue weighted by Crippen LogP contribution is 2.22. The third-order valence-corrected chi connectivity index (χ3v) is 5.00. The van der Waals surface area contributed by atoms with Gasteiger partial charge in [0.1, 0.15) is 4.90 Å². The van der Waals surface area contributed by atoms with Crippen LogP contribution in [-0.2, 0) is 23.1 Å². The maximum atomic E-state index is 12.3. The van der Waals surface area contributed by atoms with E-state index in [-0.39, 0.29) is 23.0 Å². The maximum Gasteiger partial charge on any atom is 0.242 e. The zero-order valence-corrected chi connectivity index (χ0v) is 13.1. The molecular weight excluding hydrogens is 310 g/mol. The first-order valence-electron chi connectivity index (χ1n) is 6.31. The van der Waals surface area contributed by atoms with Gasteiger partial charge in [-0.1, -0.05) is 17.7 Å². The Morgan fingerprint density at radius 1 is 1.33 bits per heavy atom. The number of halogens is 1. The Bertz CT molecular complexity index is 748. The van der Waals surface area contributed by atoms with Crippen LogP contribution in [0.25, 0.3) is 0 Å². The van der Waals surface area contributed by atoms with E-state index in [1.54, 1.807) is 18.5 Å². The predicted octanol–water partition coefficient (Wildman–Crippen LogP) is 1.98. The van der Waals surface area contributed by atoms with E-state index in [1.165, 1.54) is 12.1 Å². The molecule has 0 unspecified atom stereocenters. The highest BCUT2D eigenvalue weighted by atomic mass is 35.5. The van der Waals surface area contributed by atoms with Gasteiger partial charge in [0.05, 0.1) is 5.02 Å². The van der Waals surface area contributed by atoms with Crippen LogP contribution in [0.3, 0.4) is 0 Å². The van der Waals surface area contributed by atoms with Gasteiger partial charge in [-0.05, 0) is 41.8 Å². The summed E-state index contributed by atoms with van der Waals surface area (Å²) in [5.41, 5.74) is 8.02. The van der Waals surface area contributed by atoms with Crippen molar-refractivity contribution in [1.29, 1.82) is 0 Å². The van der Waals surface area contributed by atoms with Crippen molar-refractivity contribution in [2.75, 3.05) is 0 Å². The lowest BCUT2D eigenvalue weighted by Crippen LogP contribution is -2.24. The van der Waals surface area contributed by atoms with Crippen LogP contribution in [-0.4, -0.2) is 13.4 Å². The summed E-state index contributed by atoms with van der Waals surface area (Å²) in [6.45, 7) is 2.31. The van der Waals surface area contributed by atoms with E-state index in [2.05, 4.69) is 9.71 Å². The topological polar surface area (TPSA) is 85.1 Å². The number of nitrogens with two attached hydrogens (primary N) is 1. The number of nitrogens with zero attached hydrogens (tertiary/aromatic N) is 1. The third-order valence-electron chi connectivity index (χ3n) is 3.12. The predicted molar refractivity (Wildman–Crippen MR) is 82.3 cm³/mol. The van der Waals surface area contributed by atoms with Gasteiger partial charge in [0, 0.05) is 25.5 Å². The number of aromatic nitrogens is 1. The van der Waals surface area contributed by atoms with E-state index in [4.69, 9.17) is 17.3 Å². The molecule has 2 aromatic rings. The van der Waals surface area contributed by atoms with Gasteiger partial charge < -0.3 is 5.73 Å². The third kappa shape index (κ3) is 3.79. The Morgan fingerprint density at radius 3 is 2.76 bits per heavy atom. The highest BCUT2D eigenvalue weighted by molar-refractivity contribution is 7.89. The summed E-state index contributed by atoms with van der Waals surface area (Å²) in [5, 5.41) is 0.169. The van der Waals surface area contributed by atoms with Crippen molar-refractivity contribution < 1.29 is 8.42 Å². The molecule has 0 bridgehead atoms. The molecule has 0 spiro atoms. The molecule has 1 aromatic heterocycles. The van der Waals surface area contributed by atoms with Gasteiger partial charge in [0.25, 0.3) is 0 Å². The number of hydrogen-bond donors (Lipinski definition) is 2. The summed E-state index contributed by atoms with van der Waals surface area (Å²) < 4.78 is 27.2. The first-order chi connectivity index (χ1) is 9.94. The molecule has 0 saturated carbocycles. The van der Waals surface area contributed by atoms with E-state index >= 15 is 0 Å². The Morgan fingerprint density at radius 2 is 2.10 bits per heavy atom. The summed E-state index contributed by atoms with van der Waals surface area (Å²) in [7, 11) is -3.70. The molecule has 0 fully saturated rings. The molecule has 3 N–H and O–H groups in total. The minimum absolute atomic E-state index is 0.0358. The number of pyridine rings is 1. The number of rotatable bonds is 5. The maximum absolute atomic E-state index is 12.3. The molecule has 0 amide bonds. The van der Waals surface area contributed by atoms with E-state index in [9.17, 15) is 8.42 Å². The average molecular weight is 326 g/mol. The summed E-state index contributed by atoms with van der Waals surface area (Å²) in [6.07, 6.45) is 3.30. The Hall–Kier alpha value is -1.47. The Kier molecular flexibility index (Phi) is 4.95. The van der Waals surface area contributed by atoms with E-state index in [0.29, 0.717) is 5.56 Å². The molecule has 0 aliphatic rings. The van der Waals surface area contributed by atoms with Gasteiger partial charge in [0.2, 0.25) is 10.0 Å². The Labute approximate surface area is 129 Å². The lowest BCUT2D eigenvalue weighted by atomic mass is 10.2. The van der Waals surface area contributed by atoms with Gasteiger partial charge in [-0.3, -0.25) is 4.98 Å². The van der Waals surface area contributed by atoms with Crippen molar-refractivity contribution in [3.8, 4) is 0 Å². The molecule has 0 aliphatic heterocycles. The van der Waals surface area contributed by atoms with Crippen molar-refractivity contribution in [3.05, 3.63) is 58.4 Å². The number of benzene rings is 1. The van der Waals surface area contributed by atoms with Crippen LogP contribution in [0.5, 0.6) is 0 Å². The van der Waals surface area contributed by atoms with Gasteiger partial charge in [-0.15, -0.1) is 0 Å². The molecular formula is C14H16ClN3O2S. The van der Waals surface area contributed by atoms with Crippen LogP contribution >= 0.6 is 11.6 Å². The van der Waals surface area contributed by atoms with E-state index in [0.717, 1.165) is 11.1 Å². The molecule has 2 rings (SSSR count). The fraction of sp³-hybridized carbons (Fsp3) is 0.214. The molecule has 0 aliphatic carbocycles. The number of nitrogens with one attached hydrogen (secondary N) is 1. The summed E-state index contributed by atoms with van der Waals surface area (Å²) in [5.74, 6) is 0. The molecule has 0 atom stereocenters. The van der Waals surface area contributed by atoms with Crippen molar-refractivity contribution in [1.82, 2.24) is 9.71 Å². The minimum Gasteiger partial charge on any atom is -0.326 e. The average Bonchev–Trinajstić information content (AvgIpc) is 2.47. The molecule has 1 heterocycles. The number of sulfonamides is 1. The van der Waals surface area contributed by atoms with Crippen molar-refractivity contribution in [3.63, 3.8) is 0 Å². The Balaban J connectivity index is 2.25. The summed E-state index contributed by atoms with van der Waals surface area (Å²) in [4.78, 5) is 4.02. The van der Waals surface area contributed by atoms with Crippen LogP contribution in [0.4, 0.5) is 0 Å². The summed E-state index contributed by atoms with van der Waals surface area (Å²) in [6, 6.07) is 6.55. The molecule has 1 aromatic carbocycles. The highest BCUT2D eigenvalue weighted by Gasteiger charge is 2.18. The van der Waals surface area contributed by atoms with Crippen molar-refractivity contribution in [2.24, 2.45) is 5.73 Å². The minimum atomic E-state index is -3.70. The normalized spacial score (nSPS) is 11.6. The van der Waals surface area contributed by atoms with Crippen LogP contribution in [0.1, 0.15) is 16.7 Å². The van der Waals surface area contributed by atoms with Crippen LogP contribution < -0.4 is 10.5 Å². The quantitative estimate of drug-likeness (QED) is 0.880. The molecule has 7 heteroatoms. The van der Waals surface area contributed by atoms with Crippen LogP contribution in [0.2, 0.25) is 5.02 Å². The zero-order chi connectivity index (χ0) is 15.5. The summed E-state index contributed by atoms with van der Waals surface area (Å²) >= 11 is 5.98. The fourth-order valence-electron chi connectivity index (χ4n) is 1.81. The fourth-order valence-corrected chi connectivity index (χ4v) is 3.37. The molecule has 5 nitrogen and oxygen atoms in total. The van der Waals surface area contributed by atoms with E-state index < -0.39 is 10.0 Å². The van der Waals surface area contributed by atoms with Gasteiger partial charge in [-0.25, -0.2) is 13.1 Å².